The summed E-state index contributed by atoms with van der Waals surface area (Å²) in [6.07, 6.45) is 3.26. The molecular formula is C19H17N5O3. The van der Waals surface area contributed by atoms with Gasteiger partial charge < -0.3 is 10.1 Å². The molecule has 0 saturated heterocycles. The molecule has 1 aliphatic heterocycles. The van der Waals surface area contributed by atoms with Crippen LogP contribution in [-0.4, -0.2) is 38.5 Å². The van der Waals surface area contributed by atoms with Crippen molar-refractivity contribution in [1.29, 1.82) is 0 Å². The van der Waals surface area contributed by atoms with Gasteiger partial charge in [0.05, 0.1) is 18.7 Å². The SMILES string of the molecule is COc1ccc(C(=O)[C@H]2CC(=O)Nc3c2c(C)nn3-c2ncccn2)cc1. The normalized spacial score (nSPS) is 15.8. The number of rotatable bonds is 4. The lowest BCUT2D eigenvalue weighted by atomic mass is 9.85. The number of Topliss-reactive ketones (excluding diaryl/α,β-unsaturated/α-hetero) is 1. The van der Waals surface area contributed by atoms with E-state index in [0.717, 1.165) is 0 Å². The number of anilines is 1. The molecule has 27 heavy (non-hydrogen) atoms. The summed E-state index contributed by atoms with van der Waals surface area (Å²) in [7, 11) is 1.57. The van der Waals surface area contributed by atoms with Gasteiger partial charge in [-0.3, -0.25) is 9.59 Å². The van der Waals surface area contributed by atoms with E-state index < -0.39 is 5.92 Å². The molecular weight excluding hydrogens is 346 g/mol. The van der Waals surface area contributed by atoms with E-state index in [1.807, 2.05) is 6.92 Å². The minimum atomic E-state index is -0.611. The van der Waals surface area contributed by atoms with E-state index in [2.05, 4.69) is 20.4 Å². The van der Waals surface area contributed by atoms with Gasteiger partial charge in [0, 0.05) is 29.9 Å². The molecule has 0 bridgehead atoms. The molecule has 4 rings (SSSR count). The van der Waals surface area contributed by atoms with Crippen molar-refractivity contribution in [3.63, 3.8) is 0 Å². The second kappa shape index (κ2) is 6.64. The van der Waals surface area contributed by atoms with Gasteiger partial charge in [-0.05, 0) is 37.3 Å². The van der Waals surface area contributed by atoms with Crippen molar-refractivity contribution in [2.24, 2.45) is 0 Å². The fourth-order valence-corrected chi connectivity index (χ4v) is 3.27. The smallest absolute Gasteiger partial charge is 0.252 e. The fraction of sp³-hybridized carbons (Fsp3) is 0.211. The van der Waals surface area contributed by atoms with Crippen LogP contribution in [0.4, 0.5) is 5.82 Å². The maximum atomic E-state index is 13.1. The first-order chi connectivity index (χ1) is 13.1. The molecule has 8 heteroatoms. The van der Waals surface area contributed by atoms with Crippen molar-refractivity contribution < 1.29 is 14.3 Å². The number of amides is 1. The molecule has 136 valence electrons. The largest absolute Gasteiger partial charge is 0.497 e. The van der Waals surface area contributed by atoms with Crippen LogP contribution in [0.5, 0.6) is 5.75 Å². The third kappa shape index (κ3) is 2.95. The van der Waals surface area contributed by atoms with Crippen LogP contribution in [-0.2, 0) is 4.79 Å². The van der Waals surface area contributed by atoms with Crippen LogP contribution < -0.4 is 10.1 Å². The minimum absolute atomic E-state index is 0.0695. The number of fused-ring (bicyclic) bond motifs is 1. The molecule has 0 aliphatic carbocycles. The number of ketones is 1. The zero-order chi connectivity index (χ0) is 19.0. The van der Waals surface area contributed by atoms with E-state index in [1.54, 1.807) is 49.8 Å². The highest BCUT2D eigenvalue weighted by molar-refractivity contribution is 6.08. The summed E-state index contributed by atoms with van der Waals surface area (Å²) < 4.78 is 6.60. The molecule has 1 aromatic carbocycles. The predicted octanol–water partition coefficient (Wildman–Crippen LogP) is 2.29. The van der Waals surface area contributed by atoms with Gasteiger partial charge in [-0.25, -0.2) is 9.97 Å². The minimum Gasteiger partial charge on any atom is -0.497 e. The number of hydrogen-bond acceptors (Lipinski definition) is 6. The monoisotopic (exact) mass is 363 g/mol. The first-order valence-corrected chi connectivity index (χ1v) is 8.43. The lowest BCUT2D eigenvalue weighted by molar-refractivity contribution is -0.116. The third-order valence-corrected chi connectivity index (χ3v) is 4.54. The number of aromatic nitrogens is 4. The van der Waals surface area contributed by atoms with Gasteiger partial charge in [0.1, 0.15) is 11.6 Å². The summed E-state index contributed by atoms with van der Waals surface area (Å²) in [6, 6.07) is 8.55. The van der Waals surface area contributed by atoms with Crippen LogP contribution in [0.25, 0.3) is 5.95 Å². The number of carbonyl (C=O) groups is 2. The van der Waals surface area contributed by atoms with E-state index >= 15 is 0 Å². The summed E-state index contributed by atoms with van der Waals surface area (Å²) in [6.45, 7) is 1.81. The molecule has 3 heterocycles. The fourth-order valence-electron chi connectivity index (χ4n) is 3.27. The van der Waals surface area contributed by atoms with E-state index in [0.29, 0.717) is 34.3 Å². The molecule has 0 fully saturated rings. The standard InChI is InChI=1S/C19H17N5O3/c1-11-16-14(17(26)12-4-6-13(27-2)7-5-12)10-15(25)22-18(16)24(23-11)19-20-8-3-9-21-19/h3-9,14H,10H2,1-2H3,(H,22,25)/t14-/m0/s1. The van der Waals surface area contributed by atoms with E-state index in [4.69, 9.17) is 4.74 Å². The highest BCUT2D eigenvalue weighted by atomic mass is 16.5. The molecule has 1 amide bonds. The van der Waals surface area contributed by atoms with E-state index in [-0.39, 0.29) is 18.1 Å². The number of carbonyl (C=O) groups excluding carboxylic acids is 2. The van der Waals surface area contributed by atoms with Crippen molar-refractivity contribution in [1.82, 2.24) is 19.7 Å². The third-order valence-electron chi connectivity index (χ3n) is 4.54. The van der Waals surface area contributed by atoms with Gasteiger partial charge in [0.15, 0.2) is 5.78 Å². The Balaban J connectivity index is 1.78. The van der Waals surface area contributed by atoms with Crippen LogP contribution in [0.15, 0.2) is 42.7 Å². The maximum Gasteiger partial charge on any atom is 0.252 e. The predicted molar refractivity (Wildman–Crippen MR) is 97.2 cm³/mol. The Hall–Kier alpha value is -3.55. The number of ether oxygens (including phenoxy) is 1. The van der Waals surface area contributed by atoms with Gasteiger partial charge in [-0.15, -0.1) is 0 Å². The zero-order valence-electron chi connectivity index (χ0n) is 14.8. The summed E-state index contributed by atoms with van der Waals surface area (Å²) in [4.78, 5) is 33.8. The Morgan fingerprint density at radius 2 is 1.93 bits per heavy atom. The summed E-state index contributed by atoms with van der Waals surface area (Å²) in [5.41, 5.74) is 1.87. The lowest BCUT2D eigenvalue weighted by Gasteiger charge is -2.22. The molecule has 1 atom stereocenters. The second-order valence-corrected chi connectivity index (χ2v) is 6.21. The number of nitrogens with one attached hydrogen (secondary N) is 1. The maximum absolute atomic E-state index is 13.1. The molecule has 0 unspecified atom stereocenters. The van der Waals surface area contributed by atoms with Crippen molar-refractivity contribution in [3.8, 4) is 11.7 Å². The first-order valence-electron chi connectivity index (χ1n) is 8.43. The first kappa shape index (κ1) is 16.9. The molecule has 3 aromatic rings. The number of nitrogens with zero attached hydrogens (tertiary/aromatic N) is 4. The van der Waals surface area contributed by atoms with Gasteiger partial charge in [-0.1, -0.05) is 0 Å². The molecule has 1 aliphatic rings. The number of benzene rings is 1. The highest BCUT2D eigenvalue weighted by Gasteiger charge is 2.36. The van der Waals surface area contributed by atoms with E-state index in [1.165, 1.54) is 4.68 Å². The summed E-state index contributed by atoms with van der Waals surface area (Å²) in [5.74, 6) is 0.455. The van der Waals surface area contributed by atoms with Crippen LogP contribution in [0, 0.1) is 6.92 Å². The van der Waals surface area contributed by atoms with Crippen LogP contribution in [0.2, 0.25) is 0 Å². The highest BCUT2D eigenvalue weighted by Crippen LogP contribution is 2.37. The Morgan fingerprint density at radius 1 is 1.22 bits per heavy atom. The summed E-state index contributed by atoms with van der Waals surface area (Å²) >= 11 is 0. The van der Waals surface area contributed by atoms with Gasteiger partial charge >= 0.3 is 0 Å². The second-order valence-electron chi connectivity index (χ2n) is 6.21. The van der Waals surface area contributed by atoms with Crippen LogP contribution in [0.3, 0.4) is 0 Å². The molecule has 0 spiro atoms. The van der Waals surface area contributed by atoms with Crippen molar-refractivity contribution in [3.05, 3.63) is 59.5 Å². The Kier molecular flexibility index (Phi) is 4.15. The number of aryl methyl sites for hydroxylation is 1. The Morgan fingerprint density at radius 3 is 2.59 bits per heavy atom. The summed E-state index contributed by atoms with van der Waals surface area (Å²) in [5, 5.41) is 7.27. The molecule has 0 saturated carbocycles. The van der Waals surface area contributed by atoms with Gasteiger partial charge in [-0.2, -0.15) is 9.78 Å². The molecule has 8 nitrogen and oxygen atoms in total. The molecule has 1 N–H and O–H groups in total. The number of methoxy groups -OCH3 is 1. The topological polar surface area (TPSA) is 99.0 Å². The van der Waals surface area contributed by atoms with Crippen LogP contribution >= 0.6 is 0 Å². The van der Waals surface area contributed by atoms with Gasteiger partial charge in [0.2, 0.25) is 5.91 Å². The molecule has 0 radical (unpaired) electrons. The molecule has 2 aromatic heterocycles. The Labute approximate surface area is 155 Å². The van der Waals surface area contributed by atoms with E-state index in [9.17, 15) is 9.59 Å². The van der Waals surface area contributed by atoms with Crippen molar-refractivity contribution >= 4 is 17.5 Å². The Bertz CT molecular complexity index is 1010. The van der Waals surface area contributed by atoms with Gasteiger partial charge in [0.25, 0.3) is 5.95 Å². The zero-order valence-corrected chi connectivity index (χ0v) is 14.8. The average molecular weight is 363 g/mol. The number of hydrogen-bond donors (Lipinski definition) is 1. The lowest BCUT2D eigenvalue weighted by Crippen LogP contribution is -2.28. The van der Waals surface area contributed by atoms with Crippen molar-refractivity contribution in [2.75, 3.05) is 12.4 Å². The van der Waals surface area contributed by atoms with Crippen molar-refractivity contribution in [2.45, 2.75) is 19.3 Å². The average Bonchev–Trinajstić information content (AvgIpc) is 3.04. The van der Waals surface area contributed by atoms with Crippen LogP contribution in [0.1, 0.15) is 34.0 Å². The quantitative estimate of drug-likeness (QED) is 0.714.